The maximum Gasteiger partial charge on any atom is 0.257 e. The highest BCUT2D eigenvalue weighted by molar-refractivity contribution is 6.02. The molecular formula is C18H21FN6O. The summed E-state index contributed by atoms with van der Waals surface area (Å²) in [5.74, 6) is 0.195. The smallest absolute Gasteiger partial charge is 0.257 e. The van der Waals surface area contributed by atoms with Gasteiger partial charge in [0.15, 0.2) is 0 Å². The van der Waals surface area contributed by atoms with Crippen LogP contribution in [-0.2, 0) is 6.54 Å². The first-order chi connectivity index (χ1) is 12.6. The van der Waals surface area contributed by atoms with Crippen LogP contribution >= 0.6 is 0 Å². The van der Waals surface area contributed by atoms with Gasteiger partial charge in [-0.05, 0) is 31.0 Å². The Hall–Kier alpha value is -2.74. The van der Waals surface area contributed by atoms with Gasteiger partial charge >= 0.3 is 0 Å². The molecule has 1 saturated carbocycles. The van der Waals surface area contributed by atoms with E-state index in [9.17, 15) is 9.18 Å². The molecule has 5 N–H and O–H groups in total. The molecule has 2 heterocycles. The van der Waals surface area contributed by atoms with Crippen LogP contribution in [0.5, 0.6) is 0 Å². The summed E-state index contributed by atoms with van der Waals surface area (Å²) in [6, 6.07) is 6.19. The largest absolute Gasteiger partial charge is 0.350 e. The van der Waals surface area contributed by atoms with E-state index in [1.165, 1.54) is 12.1 Å². The summed E-state index contributed by atoms with van der Waals surface area (Å²) in [7, 11) is 0. The van der Waals surface area contributed by atoms with Crippen LogP contribution in [0, 0.1) is 5.82 Å². The highest BCUT2D eigenvalue weighted by atomic mass is 19.1. The molecule has 1 fully saturated rings. The Balaban J connectivity index is 1.65. The van der Waals surface area contributed by atoms with Crippen molar-refractivity contribution in [1.82, 2.24) is 15.3 Å². The number of aromatic nitrogens is 2. The van der Waals surface area contributed by atoms with Crippen molar-refractivity contribution in [3.8, 4) is 0 Å². The lowest BCUT2D eigenvalue weighted by molar-refractivity contribution is 0.0966. The number of carbonyl (C=O) groups is 1. The first-order valence-corrected chi connectivity index (χ1v) is 8.84. The number of fused-ring (bicyclic) bond motifs is 1. The van der Waals surface area contributed by atoms with Gasteiger partial charge < -0.3 is 21.7 Å². The van der Waals surface area contributed by atoms with E-state index in [0.29, 0.717) is 35.3 Å². The summed E-state index contributed by atoms with van der Waals surface area (Å²) in [5.41, 5.74) is 7.73. The van der Waals surface area contributed by atoms with Gasteiger partial charge in [0.1, 0.15) is 17.2 Å². The molecule has 8 heteroatoms. The Morgan fingerprint density at radius 1 is 1.23 bits per heavy atom. The highest BCUT2D eigenvalue weighted by Crippen LogP contribution is 2.27. The highest BCUT2D eigenvalue weighted by Gasteiger charge is 2.28. The topological polar surface area (TPSA) is 105 Å². The van der Waals surface area contributed by atoms with E-state index < -0.39 is 0 Å². The summed E-state index contributed by atoms with van der Waals surface area (Å²) in [6.45, 7) is 0.347. The van der Waals surface area contributed by atoms with Gasteiger partial charge in [0.2, 0.25) is 5.95 Å². The zero-order valence-electron chi connectivity index (χ0n) is 14.3. The number of halogens is 1. The van der Waals surface area contributed by atoms with Gasteiger partial charge in [-0.25, -0.2) is 9.37 Å². The molecule has 7 nitrogen and oxygen atoms in total. The molecule has 0 bridgehead atoms. The minimum Gasteiger partial charge on any atom is -0.350 e. The molecule has 0 radical (unpaired) electrons. The fourth-order valence-electron chi connectivity index (χ4n) is 3.49. The van der Waals surface area contributed by atoms with Crippen molar-refractivity contribution in [2.75, 3.05) is 10.6 Å². The van der Waals surface area contributed by atoms with Crippen molar-refractivity contribution in [3.05, 3.63) is 41.3 Å². The quantitative estimate of drug-likeness (QED) is 0.670. The number of carbonyl (C=O) groups excluding carboxylic acids is 1. The van der Waals surface area contributed by atoms with E-state index in [1.807, 2.05) is 0 Å². The minimum atomic E-state index is -0.364. The van der Waals surface area contributed by atoms with Gasteiger partial charge in [0, 0.05) is 17.8 Å². The van der Waals surface area contributed by atoms with E-state index in [-0.39, 0.29) is 23.8 Å². The van der Waals surface area contributed by atoms with Gasteiger partial charge in [0.25, 0.3) is 5.91 Å². The normalized spacial score (nSPS) is 21.8. The molecule has 0 saturated heterocycles. The predicted molar refractivity (Wildman–Crippen MR) is 96.7 cm³/mol. The zero-order valence-corrected chi connectivity index (χ0v) is 14.3. The lowest BCUT2D eigenvalue weighted by atomic mass is 9.91. The van der Waals surface area contributed by atoms with Crippen LogP contribution in [0.2, 0.25) is 0 Å². The van der Waals surface area contributed by atoms with Gasteiger partial charge in [-0.2, -0.15) is 4.98 Å². The molecule has 4 rings (SSSR count). The van der Waals surface area contributed by atoms with Gasteiger partial charge in [0.05, 0.1) is 12.2 Å². The van der Waals surface area contributed by atoms with Crippen LogP contribution in [-0.4, -0.2) is 28.0 Å². The summed E-state index contributed by atoms with van der Waals surface area (Å²) < 4.78 is 13.5. The maximum atomic E-state index is 13.5. The van der Waals surface area contributed by atoms with Crippen molar-refractivity contribution >= 4 is 23.4 Å². The van der Waals surface area contributed by atoms with Crippen molar-refractivity contribution in [2.24, 2.45) is 5.73 Å². The fraction of sp³-hybridized carbons (Fsp3) is 0.389. The minimum absolute atomic E-state index is 0.0555. The molecule has 1 aromatic carbocycles. The average molecular weight is 356 g/mol. The molecule has 136 valence electrons. The number of nitrogens with one attached hydrogen (secondary N) is 3. The third-order valence-corrected chi connectivity index (χ3v) is 4.85. The molecule has 0 unspecified atom stereocenters. The Morgan fingerprint density at radius 2 is 2.08 bits per heavy atom. The summed E-state index contributed by atoms with van der Waals surface area (Å²) in [5, 5.41) is 9.11. The van der Waals surface area contributed by atoms with E-state index in [1.54, 1.807) is 12.1 Å². The number of rotatable bonds is 4. The second-order valence-corrected chi connectivity index (χ2v) is 6.73. The molecule has 1 aliphatic carbocycles. The number of hydrogen-bond acceptors (Lipinski definition) is 6. The van der Waals surface area contributed by atoms with Crippen LogP contribution in [0.4, 0.5) is 21.8 Å². The number of nitrogens with two attached hydrogens (primary N) is 1. The Morgan fingerprint density at radius 3 is 2.88 bits per heavy atom. The Kier molecular flexibility index (Phi) is 4.42. The Labute approximate surface area is 150 Å². The van der Waals surface area contributed by atoms with E-state index in [2.05, 4.69) is 25.9 Å². The summed E-state index contributed by atoms with van der Waals surface area (Å²) in [6.07, 6.45) is 4.18. The number of amides is 1. The standard InChI is InChI=1S/C18H21FN6O/c19-10-4-3-5-11(8-10)22-16-15-14(9-21-17(15)26)24-18(25-16)23-13-7-2-1-6-12(13)20/h3-5,8,12-13H,1-2,6-7,9,20H2,(H,21,26)(H2,22,23,24,25)/t12-,13+/m0/s1. The SMILES string of the molecule is N[C@H]1CCCC[C@H]1Nc1nc2c(c(Nc3cccc(F)c3)n1)C(=O)NC2. The van der Waals surface area contributed by atoms with Crippen LogP contribution in [0.1, 0.15) is 41.7 Å². The maximum absolute atomic E-state index is 13.5. The number of nitrogens with zero attached hydrogens (tertiary/aromatic N) is 2. The van der Waals surface area contributed by atoms with Gasteiger partial charge in [-0.15, -0.1) is 0 Å². The van der Waals surface area contributed by atoms with Crippen molar-refractivity contribution < 1.29 is 9.18 Å². The molecule has 26 heavy (non-hydrogen) atoms. The molecule has 0 spiro atoms. The first-order valence-electron chi connectivity index (χ1n) is 8.84. The van der Waals surface area contributed by atoms with Crippen molar-refractivity contribution in [2.45, 2.75) is 44.3 Å². The third-order valence-electron chi connectivity index (χ3n) is 4.85. The van der Waals surface area contributed by atoms with E-state index in [4.69, 9.17) is 5.73 Å². The molecule has 1 aromatic heterocycles. The lowest BCUT2D eigenvalue weighted by Crippen LogP contribution is -2.43. The molecule has 2 aromatic rings. The molecule has 2 aliphatic rings. The van der Waals surface area contributed by atoms with Crippen LogP contribution in [0.15, 0.2) is 24.3 Å². The van der Waals surface area contributed by atoms with Crippen molar-refractivity contribution in [3.63, 3.8) is 0 Å². The molecule has 1 amide bonds. The third kappa shape index (κ3) is 3.32. The molecule has 1 aliphatic heterocycles. The predicted octanol–water partition coefficient (Wildman–Crippen LogP) is 2.28. The van der Waals surface area contributed by atoms with Crippen LogP contribution < -0.4 is 21.7 Å². The average Bonchev–Trinajstić information content (AvgIpc) is 2.98. The monoisotopic (exact) mass is 356 g/mol. The molecular weight excluding hydrogens is 335 g/mol. The second-order valence-electron chi connectivity index (χ2n) is 6.73. The molecule has 2 atom stereocenters. The van der Waals surface area contributed by atoms with Crippen LogP contribution in [0.25, 0.3) is 0 Å². The summed E-state index contributed by atoms with van der Waals surface area (Å²) in [4.78, 5) is 21.1. The number of benzene rings is 1. The lowest BCUT2D eigenvalue weighted by Gasteiger charge is -2.29. The van der Waals surface area contributed by atoms with E-state index in [0.717, 1.165) is 25.7 Å². The van der Waals surface area contributed by atoms with Gasteiger partial charge in [-0.1, -0.05) is 18.9 Å². The van der Waals surface area contributed by atoms with Crippen molar-refractivity contribution in [1.29, 1.82) is 0 Å². The second kappa shape index (κ2) is 6.87. The van der Waals surface area contributed by atoms with Gasteiger partial charge in [-0.3, -0.25) is 4.79 Å². The fourth-order valence-corrected chi connectivity index (χ4v) is 3.49. The number of hydrogen-bond donors (Lipinski definition) is 4. The first kappa shape index (κ1) is 16.7. The zero-order chi connectivity index (χ0) is 18.1. The Bertz CT molecular complexity index is 842. The van der Waals surface area contributed by atoms with Crippen LogP contribution in [0.3, 0.4) is 0 Å². The number of anilines is 3. The summed E-state index contributed by atoms with van der Waals surface area (Å²) >= 11 is 0. The van der Waals surface area contributed by atoms with E-state index >= 15 is 0 Å².